The van der Waals surface area contributed by atoms with Crippen LogP contribution in [0.25, 0.3) is 0 Å². The van der Waals surface area contributed by atoms with E-state index in [1.807, 2.05) is 14.1 Å². The van der Waals surface area contributed by atoms with Crippen molar-refractivity contribution in [1.29, 1.82) is 5.26 Å². The molecule has 1 unspecified atom stereocenters. The largest absolute Gasteiger partial charge is 0.308 e. The Morgan fingerprint density at radius 3 is 1.70 bits per heavy atom. The quantitative estimate of drug-likeness (QED) is 0.851. The van der Waals surface area contributed by atoms with Crippen molar-refractivity contribution < 1.29 is 0 Å². The van der Waals surface area contributed by atoms with Gasteiger partial charge in [0.05, 0.1) is 11.5 Å². The summed E-state index contributed by atoms with van der Waals surface area (Å²) in [4.78, 5) is 2.13. The lowest BCUT2D eigenvalue weighted by molar-refractivity contribution is 0.335. The highest BCUT2D eigenvalue weighted by atomic mass is 15.1. The molecule has 0 heterocycles. The first-order valence-corrected chi connectivity index (χ1v) is 8.14. The lowest BCUT2D eigenvalue weighted by atomic mass is 9.80. The van der Waals surface area contributed by atoms with Crippen molar-refractivity contribution >= 4 is 0 Å². The Morgan fingerprint density at radius 2 is 1.35 bits per heavy atom. The summed E-state index contributed by atoms with van der Waals surface area (Å²) in [6.45, 7) is 4.99. The van der Waals surface area contributed by atoms with Crippen LogP contribution >= 0.6 is 0 Å². The molecule has 1 aliphatic rings. The van der Waals surface area contributed by atoms with E-state index in [2.05, 4.69) is 73.3 Å². The van der Waals surface area contributed by atoms with Gasteiger partial charge in [0, 0.05) is 12.0 Å². The van der Waals surface area contributed by atoms with Crippen LogP contribution < -0.4 is 0 Å². The molecule has 2 nitrogen and oxygen atoms in total. The van der Waals surface area contributed by atoms with Gasteiger partial charge in [-0.15, -0.1) is 0 Å². The molecule has 1 atom stereocenters. The third-order valence-corrected chi connectivity index (χ3v) is 5.15. The van der Waals surface area contributed by atoms with Crippen LogP contribution in [-0.2, 0) is 5.41 Å². The van der Waals surface area contributed by atoms with E-state index in [0.29, 0.717) is 0 Å². The fraction of sp³-hybridized carbons (Fsp3) is 0.381. The summed E-state index contributed by atoms with van der Waals surface area (Å²) in [6, 6.07) is 20.1. The van der Waals surface area contributed by atoms with Crippen LogP contribution in [0.1, 0.15) is 28.7 Å². The van der Waals surface area contributed by atoms with Gasteiger partial charge in [0.2, 0.25) is 0 Å². The highest BCUT2D eigenvalue weighted by Gasteiger charge is 2.69. The summed E-state index contributed by atoms with van der Waals surface area (Å²) < 4.78 is 0. The van der Waals surface area contributed by atoms with Crippen molar-refractivity contribution in [2.45, 2.75) is 25.7 Å². The zero-order valence-corrected chi connectivity index (χ0v) is 14.4. The van der Waals surface area contributed by atoms with Crippen LogP contribution in [0.2, 0.25) is 0 Å². The number of aryl methyl sites for hydroxylation is 2. The number of hydrogen-bond donors (Lipinski definition) is 0. The van der Waals surface area contributed by atoms with Gasteiger partial charge in [-0.25, -0.2) is 0 Å². The van der Waals surface area contributed by atoms with Gasteiger partial charge in [-0.05, 0) is 45.5 Å². The molecule has 0 spiro atoms. The van der Waals surface area contributed by atoms with Crippen LogP contribution in [0.15, 0.2) is 48.5 Å². The molecule has 0 radical (unpaired) electrons. The highest BCUT2D eigenvalue weighted by Crippen LogP contribution is 2.68. The smallest absolute Gasteiger partial charge is 0.0849 e. The van der Waals surface area contributed by atoms with Crippen molar-refractivity contribution in [2.24, 2.45) is 5.41 Å². The van der Waals surface area contributed by atoms with Crippen molar-refractivity contribution in [2.75, 3.05) is 20.6 Å². The number of hydrogen-bond acceptors (Lipinski definition) is 2. The molecule has 2 aromatic rings. The average Bonchev–Trinajstić information content (AvgIpc) is 3.18. The third-order valence-electron chi connectivity index (χ3n) is 5.15. The minimum Gasteiger partial charge on any atom is -0.308 e. The number of nitrogens with zero attached hydrogens (tertiary/aromatic N) is 2. The molecule has 0 saturated heterocycles. The molecule has 1 fully saturated rings. The highest BCUT2D eigenvalue weighted by molar-refractivity contribution is 5.55. The lowest BCUT2D eigenvalue weighted by Gasteiger charge is -2.25. The van der Waals surface area contributed by atoms with Gasteiger partial charge in [-0.1, -0.05) is 59.7 Å². The fourth-order valence-electron chi connectivity index (χ4n) is 3.91. The summed E-state index contributed by atoms with van der Waals surface area (Å²) in [5, 5.41) is 10.00. The fourth-order valence-corrected chi connectivity index (χ4v) is 3.91. The average molecular weight is 304 g/mol. The summed E-state index contributed by atoms with van der Waals surface area (Å²) in [6.07, 6.45) is 0.890. The molecular weight excluding hydrogens is 280 g/mol. The predicted molar refractivity (Wildman–Crippen MR) is 94.4 cm³/mol. The molecule has 118 valence electrons. The first-order valence-electron chi connectivity index (χ1n) is 8.14. The number of nitriles is 1. The van der Waals surface area contributed by atoms with E-state index >= 15 is 0 Å². The summed E-state index contributed by atoms with van der Waals surface area (Å²) in [7, 11) is 4.10. The molecule has 1 saturated carbocycles. The maximum absolute atomic E-state index is 10.00. The molecule has 3 rings (SSSR count). The molecular formula is C21H24N2. The lowest BCUT2D eigenvalue weighted by Crippen LogP contribution is -2.29. The minimum atomic E-state index is -0.346. The van der Waals surface area contributed by atoms with Gasteiger partial charge in [-0.3, -0.25) is 0 Å². The van der Waals surface area contributed by atoms with E-state index in [4.69, 9.17) is 0 Å². The molecule has 0 amide bonds. The maximum Gasteiger partial charge on any atom is 0.0849 e. The molecule has 2 heteroatoms. The van der Waals surface area contributed by atoms with E-state index in [-0.39, 0.29) is 10.8 Å². The molecule has 0 bridgehead atoms. The Morgan fingerprint density at radius 1 is 0.913 bits per heavy atom. The Labute approximate surface area is 139 Å². The molecule has 0 aromatic heterocycles. The molecule has 0 N–H and O–H groups in total. The van der Waals surface area contributed by atoms with E-state index in [0.717, 1.165) is 13.0 Å². The van der Waals surface area contributed by atoms with Crippen LogP contribution in [0.5, 0.6) is 0 Å². The summed E-state index contributed by atoms with van der Waals surface area (Å²) in [5.41, 5.74) is 4.49. The van der Waals surface area contributed by atoms with Crippen LogP contribution in [0.3, 0.4) is 0 Å². The SMILES string of the molecule is Cc1ccc(C2(c3ccc(C)cc3)CC2(C#N)CN(C)C)cc1. The van der Waals surface area contributed by atoms with Crippen LogP contribution in [0.4, 0.5) is 0 Å². The van der Waals surface area contributed by atoms with Gasteiger partial charge in [0.15, 0.2) is 0 Å². The maximum atomic E-state index is 10.00. The summed E-state index contributed by atoms with van der Waals surface area (Å²) >= 11 is 0. The normalized spacial score (nSPS) is 21.9. The Bertz CT molecular complexity index is 689. The second kappa shape index (κ2) is 5.51. The second-order valence-electron chi connectivity index (χ2n) is 7.25. The number of benzene rings is 2. The van der Waals surface area contributed by atoms with Crippen LogP contribution in [0, 0.1) is 30.6 Å². The summed E-state index contributed by atoms with van der Waals surface area (Å²) in [5.74, 6) is 0. The minimum absolute atomic E-state index is 0.187. The first-order chi connectivity index (χ1) is 10.9. The molecule has 1 aliphatic carbocycles. The second-order valence-corrected chi connectivity index (χ2v) is 7.25. The monoisotopic (exact) mass is 304 g/mol. The van der Waals surface area contributed by atoms with Crippen molar-refractivity contribution in [3.05, 3.63) is 70.8 Å². The topological polar surface area (TPSA) is 27.0 Å². The van der Waals surface area contributed by atoms with Crippen molar-refractivity contribution in [1.82, 2.24) is 4.90 Å². The first kappa shape index (κ1) is 15.8. The Hall–Kier alpha value is -2.11. The third kappa shape index (κ3) is 2.46. The molecule has 0 aliphatic heterocycles. The van der Waals surface area contributed by atoms with Crippen molar-refractivity contribution in [3.8, 4) is 6.07 Å². The van der Waals surface area contributed by atoms with E-state index in [9.17, 15) is 5.26 Å². The Kier molecular flexibility index (Phi) is 3.78. The van der Waals surface area contributed by atoms with Gasteiger partial charge in [0.1, 0.15) is 0 Å². The van der Waals surface area contributed by atoms with E-state index in [1.165, 1.54) is 22.3 Å². The molecule has 2 aromatic carbocycles. The van der Waals surface area contributed by atoms with Crippen molar-refractivity contribution in [3.63, 3.8) is 0 Å². The molecule has 23 heavy (non-hydrogen) atoms. The zero-order chi connectivity index (χ0) is 16.7. The van der Waals surface area contributed by atoms with Gasteiger partial charge < -0.3 is 4.90 Å². The zero-order valence-electron chi connectivity index (χ0n) is 14.4. The van der Waals surface area contributed by atoms with Gasteiger partial charge in [0.25, 0.3) is 0 Å². The van der Waals surface area contributed by atoms with Gasteiger partial charge in [-0.2, -0.15) is 5.26 Å². The Balaban J connectivity index is 2.14. The van der Waals surface area contributed by atoms with E-state index in [1.54, 1.807) is 0 Å². The standard InChI is InChI=1S/C21H24N2/c1-16-5-9-18(10-6-16)21(19-11-7-17(2)8-12-19)13-20(21,14-22)15-23(3)4/h5-12H,13,15H2,1-4H3. The van der Waals surface area contributed by atoms with Gasteiger partial charge >= 0.3 is 0 Å². The van der Waals surface area contributed by atoms with E-state index < -0.39 is 0 Å². The predicted octanol–water partition coefficient (Wildman–Crippen LogP) is 4.06. The van der Waals surface area contributed by atoms with Crippen LogP contribution in [-0.4, -0.2) is 25.5 Å². The number of rotatable bonds is 4.